The van der Waals surface area contributed by atoms with Crippen molar-refractivity contribution in [2.45, 2.75) is 6.54 Å². The maximum Gasteiger partial charge on any atom is 0.197 e. The second-order valence-corrected chi connectivity index (χ2v) is 8.47. The number of benzene rings is 4. The zero-order valence-electron chi connectivity index (χ0n) is 18.4. The summed E-state index contributed by atoms with van der Waals surface area (Å²) in [4.78, 5) is 25.3. The molecule has 5 aromatic rings. The Morgan fingerprint density at radius 3 is 2.03 bits per heavy atom. The van der Waals surface area contributed by atoms with Crippen molar-refractivity contribution in [3.63, 3.8) is 0 Å². The van der Waals surface area contributed by atoms with E-state index < -0.39 is 0 Å². The van der Waals surface area contributed by atoms with Gasteiger partial charge in [-0.2, -0.15) is 0 Å². The maximum absolute atomic E-state index is 12.6. The summed E-state index contributed by atoms with van der Waals surface area (Å²) in [5, 5.41) is 4.73. The van der Waals surface area contributed by atoms with E-state index in [1.54, 1.807) is 36.4 Å². The largest absolute Gasteiger partial charge is 0.336 e. The highest BCUT2D eigenvalue weighted by molar-refractivity contribution is 6.39. The number of ketones is 2. The van der Waals surface area contributed by atoms with E-state index in [0.29, 0.717) is 11.1 Å². The topological polar surface area (TPSA) is 39.1 Å². The molecule has 3 nitrogen and oxygen atoms in total. The van der Waals surface area contributed by atoms with Crippen LogP contribution in [0.2, 0.25) is 0 Å². The molecule has 0 radical (unpaired) electrons. The standard InChI is InChI=1S/C31H21NO2/c33-30-23-14-4-5-15-24(23)31(34)26(30)16-6-7-18-27-25-17-8-12-22-13-9-19-28(29(22)25)32(27)20-21-10-2-1-3-11-21/h1-19H,20H2/b7-6+,27-18+. The lowest BCUT2D eigenvalue weighted by Crippen LogP contribution is -2.16. The number of aromatic nitrogens is 1. The zero-order valence-corrected chi connectivity index (χ0v) is 18.4. The first-order valence-electron chi connectivity index (χ1n) is 11.3. The molecule has 6 rings (SSSR count). The van der Waals surface area contributed by atoms with E-state index in [-0.39, 0.29) is 17.1 Å². The molecule has 0 saturated carbocycles. The van der Waals surface area contributed by atoms with Crippen LogP contribution in [-0.4, -0.2) is 16.1 Å². The number of rotatable bonds is 4. The summed E-state index contributed by atoms with van der Waals surface area (Å²) >= 11 is 0. The van der Waals surface area contributed by atoms with Gasteiger partial charge in [-0.1, -0.05) is 97.1 Å². The fourth-order valence-corrected chi connectivity index (χ4v) is 4.87. The van der Waals surface area contributed by atoms with Gasteiger partial charge in [0.25, 0.3) is 0 Å². The van der Waals surface area contributed by atoms with Gasteiger partial charge in [0, 0.05) is 33.8 Å². The van der Waals surface area contributed by atoms with Crippen molar-refractivity contribution >= 4 is 39.3 Å². The summed E-state index contributed by atoms with van der Waals surface area (Å²) in [6.45, 7) is 0.752. The Bertz CT molecular complexity index is 1660. The van der Waals surface area contributed by atoms with E-state index in [2.05, 4.69) is 71.3 Å². The van der Waals surface area contributed by atoms with Crippen LogP contribution in [0.15, 0.2) is 115 Å². The molecule has 0 atom stereocenters. The van der Waals surface area contributed by atoms with Crippen molar-refractivity contribution in [3.05, 3.63) is 137 Å². The molecule has 0 bridgehead atoms. The van der Waals surface area contributed by atoms with E-state index in [4.69, 9.17) is 0 Å². The first kappa shape index (κ1) is 20.1. The number of hydrogen-bond acceptors (Lipinski definition) is 2. The SMILES string of the molecule is O=C1C(=C/C=C/C=c2\c3cccc4cccc(c43)n2Cc2ccccc2)C(=O)c2ccccc21. The number of nitrogens with zero attached hydrogens (tertiary/aromatic N) is 1. The van der Waals surface area contributed by atoms with Gasteiger partial charge in [0.05, 0.1) is 11.1 Å². The van der Waals surface area contributed by atoms with Gasteiger partial charge in [-0.15, -0.1) is 0 Å². The van der Waals surface area contributed by atoms with Gasteiger partial charge in [0.1, 0.15) is 0 Å². The second-order valence-electron chi connectivity index (χ2n) is 8.47. The summed E-state index contributed by atoms with van der Waals surface area (Å²) in [5.74, 6) is -0.414. The van der Waals surface area contributed by atoms with Gasteiger partial charge in [0.2, 0.25) is 0 Å². The Morgan fingerprint density at radius 1 is 0.647 bits per heavy atom. The van der Waals surface area contributed by atoms with Gasteiger partial charge < -0.3 is 4.57 Å². The smallest absolute Gasteiger partial charge is 0.197 e. The van der Waals surface area contributed by atoms with Crippen molar-refractivity contribution in [3.8, 4) is 0 Å². The number of carbonyl (C=O) groups is 2. The minimum absolute atomic E-state index is 0.207. The number of carbonyl (C=O) groups excluding carboxylic acids is 2. The van der Waals surface area contributed by atoms with Gasteiger partial charge in [-0.05, 0) is 29.2 Å². The fourth-order valence-electron chi connectivity index (χ4n) is 4.87. The van der Waals surface area contributed by atoms with E-state index >= 15 is 0 Å². The molecule has 1 aliphatic carbocycles. The fraction of sp³-hybridized carbons (Fsp3) is 0.0323. The highest BCUT2D eigenvalue weighted by Crippen LogP contribution is 2.27. The van der Waals surface area contributed by atoms with E-state index in [9.17, 15) is 9.59 Å². The quantitative estimate of drug-likeness (QED) is 0.258. The molecular weight excluding hydrogens is 418 g/mol. The van der Waals surface area contributed by atoms with Crippen LogP contribution >= 0.6 is 0 Å². The molecular formula is C31H21NO2. The first-order valence-corrected chi connectivity index (χ1v) is 11.3. The Kier molecular flexibility index (Phi) is 4.81. The summed E-state index contributed by atoms with van der Waals surface area (Å²) in [5.41, 5.74) is 3.60. The molecule has 0 spiro atoms. The van der Waals surface area contributed by atoms with Crippen LogP contribution in [0.5, 0.6) is 0 Å². The molecule has 0 amide bonds. The predicted molar refractivity (Wildman–Crippen MR) is 137 cm³/mol. The van der Waals surface area contributed by atoms with Crippen LogP contribution < -0.4 is 5.35 Å². The average Bonchev–Trinajstić information content (AvgIpc) is 3.31. The molecule has 1 aliphatic rings. The average molecular weight is 440 g/mol. The van der Waals surface area contributed by atoms with Gasteiger partial charge in [-0.25, -0.2) is 0 Å². The minimum Gasteiger partial charge on any atom is -0.336 e. The lowest BCUT2D eigenvalue weighted by Gasteiger charge is -2.07. The van der Waals surface area contributed by atoms with Crippen LogP contribution in [0.25, 0.3) is 27.8 Å². The highest BCUT2D eigenvalue weighted by Gasteiger charge is 2.31. The van der Waals surface area contributed by atoms with E-state index in [1.807, 2.05) is 12.1 Å². The number of allylic oxidation sites excluding steroid dienone is 4. The molecule has 1 heterocycles. The van der Waals surface area contributed by atoms with Crippen LogP contribution in [0.4, 0.5) is 0 Å². The number of Topliss-reactive ketones (excluding diaryl/α,β-unsaturated/α-hetero) is 2. The van der Waals surface area contributed by atoms with Crippen LogP contribution in [-0.2, 0) is 6.54 Å². The van der Waals surface area contributed by atoms with E-state index in [1.165, 1.54) is 27.2 Å². The minimum atomic E-state index is -0.207. The molecule has 0 unspecified atom stereocenters. The van der Waals surface area contributed by atoms with Crippen molar-refractivity contribution in [1.82, 2.24) is 4.57 Å². The Hall–Kier alpha value is -4.50. The van der Waals surface area contributed by atoms with Crippen molar-refractivity contribution in [2.24, 2.45) is 0 Å². The molecule has 0 fully saturated rings. The molecule has 0 N–H and O–H groups in total. The Labute approximate surface area is 196 Å². The van der Waals surface area contributed by atoms with Gasteiger partial charge in [-0.3, -0.25) is 9.59 Å². The monoisotopic (exact) mass is 439 g/mol. The van der Waals surface area contributed by atoms with Gasteiger partial charge >= 0.3 is 0 Å². The normalized spacial score (nSPS) is 14.1. The van der Waals surface area contributed by atoms with E-state index in [0.717, 1.165) is 11.9 Å². The number of fused-ring (bicyclic) bond motifs is 1. The van der Waals surface area contributed by atoms with Crippen LogP contribution in [0.1, 0.15) is 26.3 Å². The third-order valence-corrected chi connectivity index (χ3v) is 6.46. The molecule has 3 heteroatoms. The van der Waals surface area contributed by atoms with Crippen molar-refractivity contribution in [1.29, 1.82) is 0 Å². The Morgan fingerprint density at radius 2 is 1.29 bits per heavy atom. The Balaban J connectivity index is 1.45. The van der Waals surface area contributed by atoms with Crippen LogP contribution in [0, 0.1) is 0 Å². The zero-order chi connectivity index (χ0) is 23.1. The summed E-state index contributed by atoms with van der Waals surface area (Å²) in [7, 11) is 0. The summed E-state index contributed by atoms with van der Waals surface area (Å²) in [6, 6.07) is 30.2. The number of hydrogen-bond donors (Lipinski definition) is 0. The first-order chi connectivity index (χ1) is 16.7. The molecule has 0 aliphatic heterocycles. The third kappa shape index (κ3) is 3.22. The third-order valence-electron chi connectivity index (χ3n) is 6.46. The lowest BCUT2D eigenvalue weighted by molar-refractivity contribution is 0.0989. The predicted octanol–water partition coefficient (Wildman–Crippen LogP) is 5.90. The molecule has 0 saturated heterocycles. The van der Waals surface area contributed by atoms with Crippen molar-refractivity contribution in [2.75, 3.05) is 0 Å². The second kappa shape index (κ2) is 8.13. The van der Waals surface area contributed by atoms with Crippen LogP contribution in [0.3, 0.4) is 0 Å². The lowest BCUT2D eigenvalue weighted by atomic mass is 10.1. The molecule has 34 heavy (non-hydrogen) atoms. The molecule has 4 aromatic carbocycles. The summed E-state index contributed by atoms with van der Waals surface area (Å²) < 4.78 is 2.33. The summed E-state index contributed by atoms with van der Waals surface area (Å²) in [6.07, 6.45) is 7.39. The highest BCUT2D eigenvalue weighted by atomic mass is 16.2. The maximum atomic E-state index is 12.6. The van der Waals surface area contributed by atoms with Crippen molar-refractivity contribution < 1.29 is 9.59 Å². The van der Waals surface area contributed by atoms with Gasteiger partial charge in [0.15, 0.2) is 11.6 Å². The molecule has 162 valence electrons. The molecule has 1 aromatic heterocycles.